The van der Waals surface area contributed by atoms with Crippen molar-refractivity contribution in [2.75, 3.05) is 11.1 Å². The zero-order valence-corrected chi connectivity index (χ0v) is 16.9. The van der Waals surface area contributed by atoms with Crippen LogP contribution in [0.3, 0.4) is 0 Å². The molecule has 0 aliphatic heterocycles. The van der Waals surface area contributed by atoms with E-state index >= 15 is 0 Å². The summed E-state index contributed by atoms with van der Waals surface area (Å²) in [5.41, 5.74) is -0.0159. The van der Waals surface area contributed by atoms with Gasteiger partial charge in [-0.1, -0.05) is 30.0 Å². The highest BCUT2D eigenvalue weighted by Crippen LogP contribution is 2.28. The fourth-order valence-electron chi connectivity index (χ4n) is 2.72. The Morgan fingerprint density at radius 2 is 1.90 bits per heavy atom. The molecule has 2 heterocycles. The highest BCUT2D eigenvalue weighted by molar-refractivity contribution is 7.99. The average molecular weight is 437 g/mol. The summed E-state index contributed by atoms with van der Waals surface area (Å²) in [6.07, 6.45) is -3.56. The van der Waals surface area contributed by atoms with Gasteiger partial charge >= 0.3 is 6.18 Å². The minimum Gasteiger partial charge on any atom is -0.320 e. The van der Waals surface area contributed by atoms with Crippen molar-refractivity contribution < 1.29 is 18.0 Å². The zero-order chi connectivity index (χ0) is 21.9. The Hall–Kier alpha value is -3.08. The van der Waals surface area contributed by atoms with Crippen molar-refractivity contribution >= 4 is 23.4 Å². The van der Waals surface area contributed by atoms with Crippen molar-refractivity contribution in [1.82, 2.24) is 19.3 Å². The summed E-state index contributed by atoms with van der Waals surface area (Å²) < 4.78 is 41.2. The summed E-state index contributed by atoms with van der Waals surface area (Å²) in [5.74, 6) is -0.271. The third kappa shape index (κ3) is 4.73. The molecule has 11 heteroatoms. The maximum absolute atomic E-state index is 12.8. The van der Waals surface area contributed by atoms with Crippen LogP contribution in [0.25, 0.3) is 5.69 Å². The molecule has 0 spiro atoms. The molecule has 0 saturated heterocycles. The van der Waals surface area contributed by atoms with Crippen LogP contribution in [0.5, 0.6) is 0 Å². The minimum absolute atomic E-state index is 0.0244. The summed E-state index contributed by atoms with van der Waals surface area (Å²) in [6.45, 7) is 1.71. The van der Waals surface area contributed by atoms with Gasteiger partial charge in [-0.15, -0.1) is 0 Å². The van der Waals surface area contributed by atoms with Crippen molar-refractivity contribution in [3.63, 3.8) is 0 Å². The van der Waals surface area contributed by atoms with Gasteiger partial charge in [-0.05, 0) is 25.1 Å². The van der Waals surface area contributed by atoms with Crippen molar-refractivity contribution in [1.29, 1.82) is 0 Å². The molecule has 2 aromatic heterocycles. The first-order valence-electron chi connectivity index (χ1n) is 8.85. The molecule has 1 aromatic carbocycles. The van der Waals surface area contributed by atoms with Crippen LogP contribution in [-0.2, 0) is 18.0 Å². The van der Waals surface area contributed by atoms with Gasteiger partial charge in [-0.2, -0.15) is 13.2 Å². The number of nitrogens with one attached hydrogen (secondary N) is 1. The molecule has 1 N–H and O–H groups in total. The molecule has 0 aliphatic rings. The number of benzene rings is 1. The van der Waals surface area contributed by atoms with E-state index in [9.17, 15) is 22.8 Å². The standard InChI is InChI=1S/C19H18F3N5O2S/c1-12-16(17(29)27(26(12)2)13-6-4-3-5-7-13)25-15(28)9-11-30-18-23-10-8-14(24-18)19(20,21)22/h3-8,10H,9,11H2,1-2H3,(H,25,28). The molecular formula is C19H18F3N5O2S. The van der Waals surface area contributed by atoms with Crippen LogP contribution in [0.15, 0.2) is 52.5 Å². The quantitative estimate of drug-likeness (QED) is 0.472. The summed E-state index contributed by atoms with van der Waals surface area (Å²) in [5, 5.41) is 2.53. The molecule has 3 aromatic rings. The largest absolute Gasteiger partial charge is 0.433 e. The SMILES string of the molecule is Cc1c(NC(=O)CCSc2nccc(C(F)(F)F)n2)c(=O)n(-c2ccccc2)n1C. The molecule has 0 fully saturated rings. The lowest BCUT2D eigenvalue weighted by Crippen LogP contribution is -2.23. The number of nitrogens with zero attached hydrogens (tertiary/aromatic N) is 4. The van der Waals surface area contributed by atoms with Gasteiger partial charge in [0.25, 0.3) is 5.56 Å². The fourth-order valence-corrected chi connectivity index (χ4v) is 3.49. The number of amides is 1. The molecular weight excluding hydrogens is 419 g/mol. The zero-order valence-electron chi connectivity index (χ0n) is 16.1. The van der Waals surface area contributed by atoms with E-state index in [-0.39, 0.29) is 28.6 Å². The van der Waals surface area contributed by atoms with E-state index < -0.39 is 17.8 Å². The molecule has 1 amide bonds. The molecule has 0 bridgehead atoms. The second-order valence-electron chi connectivity index (χ2n) is 6.31. The molecule has 0 saturated carbocycles. The Labute approximate surface area is 173 Å². The van der Waals surface area contributed by atoms with Crippen LogP contribution >= 0.6 is 11.8 Å². The number of rotatable bonds is 6. The number of hydrogen-bond donors (Lipinski definition) is 1. The first kappa shape index (κ1) is 21.6. The van der Waals surface area contributed by atoms with Crippen molar-refractivity contribution in [2.45, 2.75) is 24.7 Å². The van der Waals surface area contributed by atoms with Crippen molar-refractivity contribution in [3.05, 3.63) is 64.3 Å². The van der Waals surface area contributed by atoms with E-state index in [1.165, 1.54) is 4.68 Å². The fraction of sp³-hybridized carbons (Fsp3) is 0.263. The van der Waals surface area contributed by atoms with Crippen LogP contribution in [0, 0.1) is 6.92 Å². The average Bonchev–Trinajstić information content (AvgIpc) is 2.91. The number of hydrogen-bond acceptors (Lipinski definition) is 5. The Balaban J connectivity index is 1.66. The van der Waals surface area contributed by atoms with E-state index in [1.807, 2.05) is 6.07 Å². The van der Waals surface area contributed by atoms with Crippen LogP contribution in [0.2, 0.25) is 0 Å². The van der Waals surface area contributed by atoms with Crippen LogP contribution < -0.4 is 10.9 Å². The van der Waals surface area contributed by atoms with E-state index in [1.54, 1.807) is 42.9 Å². The maximum Gasteiger partial charge on any atom is 0.433 e. The van der Waals surface area contributed by atoms with E-state index in [4.69, 9.17) is 0 Å². The third-order valence-corrected chi connectivity index (χ3v) is 5.17. The lowest BCUT2D eigenvalue weighted by molar-refractivity contribution is -0.141. The van der Waals surface area contributed by atoms with E-state index in [2.05, 4.69) is 15.3 Å². The van der Waals surface area contributed by atoms with Crippen LogP contribution in [0.1, 0.15) is 17.8 Å². The van der Waals surface area contributed by atoms with Gasteiger partial charge in [-0.25, -0.2) is 14.6 Å². The Morgan fingerprint density at radius 3 is 2.57 bits per heavy atom. The molecule has 0 radical (unpaired) electrons. The summed E-state index contributed by atoms with van der Waals surface area (Å²) in [7, 11) is 1.71. The number of thioether (sulfide) groups is 1. The first-order valence-corrected chi connectivity index (χ1v) is 9.84. The van der Waals surface area contributed by atoms with Gasteiger partial charge in [-0.3, -0.25) is 14.3 Å². The second-order valence-corrected chi connectivity index (χ2v) is 7.37. The number of halogens is 3. The topological polar surface area (TPSA) is 81.8 Å². The van der Waals surface area contributed by atoms with E-state index in [0.29, 0.717) is 11.4 Å². The number of carbonyl (C=O) groups excluding carboxylic acids is 1. The first-order chi connectivity index (χ1) is 14.2. The lowest BCUT2D eigenvalue weighted by atomic mass is 10.3. The van der Waals surface area contributed by atoms with Gasteiger partial charge in [0.1, 0.15) is 11.4 Å². The number of anilines is 1. The van der Waals surface area contributed by atoms with Crippen LogP contribution in [0.4, 0.5) is 18.9 Å². The molecule has 7 nitrogen and oxygen atoms in total. The van der Waals surface area contributed by atoms with Gasteiger partial charge in [0.2, 0.25) is 5.91 Å². The van der Waals surface area contributed by atoms with E-state index in [0.717, 1.165) is 24.0 Å². The number of carbonyl (C=O) groups is 1. The number of aromatic nitrogens is 4. The predicted molar refractivity (Wildman–Crippen MR) is 107 cm³/mol. The minimum atomic E-state index is -4.56. The molecule has 0 atom stereocenters. The highest BCUT2D eigenvalue weighted by Gasteiger charge is 2.32. The van der Waals surface area contributed by atoms with Gasteiger partial charge in [0.15, 0.2) is 5.16 Å². The molecule has 0 unspecified atom stereocenters. The molecule has 3 rings (SSSR count). The summed E-state index contributed by atoms with van der Waals surface area (Å²) in [6, 6.07) is 9.77. The third-order valence-electron chi connectivity index (χ3n) is 4.30. The Morgan fingerprint density at radius 1 is 1.20 bits per heavy atom. The summed E-state index contributed by atoms with van der Waals surface area (Å²) >= 11 is 0.932. The molecule has 0 aliphatic carbocycles. The summed E-state index contributed by atoms with van der Waals surface area (Å²) in [4.78, 5) is 32.3. The lowest BCUT2D eigenvalue weighted by Gasteiger charge is -2.07. The predicted octanol–water partition coefficient (Wildman–Crippen LogP) is 3.41. The normalized spacial score (nSPS) is 11.5. The van der Waals surface area contributed by atoms with Gasteiger partial charge in [0.05, 0.1) is 11.4 Å². The molecule has 158 valence electrons. The van der Waals surface area contributed by atoms with Crippen molar-refractivity contribution in [3.8, 4) is 5.69 Å². The monoisotopic (exact) mass is 437 g/mol. The highest BCUT2D eigenvalue weighted by atomic mass is 32.2. The number of alkyl halides is 3. The maximum atomic E-state index is 12.8. The molecule has 30 heavy (non-hydrogen) atoms. The smallest absolute Gasteiger partial charge is 0.320 e. The Bertz CT molecular complexity index is 1110. The van der Waals surface area contributed by atoms with Crippen molar-refractivity contribution in [2.24, 2.45) is 7.05 Å². The number of para-hydroxylation sites is 1. The Kier molecular flexibility index (Phi) is 6.30. The second kappa shape index (κ2) is 8.74. The van der Waals surface area contributed by atoms with Gasteiger partial charge < -0.3 is 5.32 Å². The van der Waals surface area contributed by atoms with Crippen LogP contribution in [-0.4, -0.2) is 31.0 Å². The van der Waals surface area contributed by atoms with Gasteiger partial charge in [0, 0.05) is 25.4 Å².